The minimum absolute atomic E-state index is 0.0568. The zero-order chi connectivity index (χ0) is 17.5. The summed E-state index contributed by atoms with van der Waals surface area (Å²) in [7, 11) is 0. The molecule has 5 nitrogen and oxygen atoms in total. The molecular weight excluding hydrogens is 309 g/mol. The van der Waals surface area contributed by atoms with Gasteiger partial charge in [-0.05, 0) is 50.2 Å². The van der Waals surface area contributed by atoms with Gasteiger partial charge in [0.05, 0.1) is 12.2 Å². The highest BCUT2D eigenvalue weighted by Crippen LogP contribution is 2.13. The fraction of sp³-hybridized carbons (Fsp3) is 0.222. The van der Waals surface area contributed by atoms with Gasteiger partial charge in [-0.25, -0.2) is 4.39 Å². The van der Waals surface area contributed by atoms with E-state index in [1.165, 1.54) is 6.07 Å². The molecule has 2 aromatic rings. The van der Waals surface area contributed by atoms with E-state index in [1.54, 1.807) is 42.5 Å². The molecule has 6 heteroatoms. The van der Waals surface area contributed by atoms with E-state index in [2.05, 4.69) is 16.0 Å². The predicted molar refractivity (Wildman–Crippen MR) is 92.6 cm³/mol. The summed E-state index contributed by atoms with van der Waals surface area (Å²) in [6, 6.07) is 12.8. The van der Waals surface area contributed by atoms with Gasteiger partial charge in [0.15, 0.2) is 0 Å². The second-order valence-corrected chi connectivity index (χ2v) is 5.59. The van der Waals surface area contributed by atoms with Crippen LogP contribution in [0.2, 0.25) is 0 Å². The number of rotatable bonds is 6. The first-order chi connectivity index (χ1) is 11.5. The van der Waals surface area contributed by atoms with Crippen molar-refractivity contribution in [2.45, 2.75) is 19.9 Å². The third-order valence-electron chi connectivity index (χ3n) is 3.16. The number of carbonyl (C=O) groups is 2. The van der Waals surface area contributed by atoms with Crippen LogP contribution < -0.4 is 16.0 Å². The highest BCUT2D eigenvalue weighted by atomic mass is 19.1. The van der Waals surface area contributed by atoms with Crippen molar-refractivity contribution in [1.82, 2.24) is 5.32 Å². The van der Waals surface area contributed by atoms with Gasteiger partial charge >= 0.3 is 0 Å². The van der Waals surface area contributed by atoms with Gasteiger partial charge in [-0.15, -0.1) is 0 Å². The summed E-state index contributed by atoms with van der Waals surface area (Å²) in [6.45, 7) is 3.71. The number of hydrogen-bond donors (Lipinski definition) is 3. The number of benzene rings is 2. The largest absolute Gasteiger partial charge is 0.374 e. The van der Waals surface area contributed by atoms with E-state index >= 15 is 0 Å². The Balaban J connectivity index is 1.88. The molecule has 0 atom stereocenters. The Morgan fingerprint density at radius 3 is 2.33 bits per heavy atom. The molecule has 2 amide bonds. The number of carbonyl (C=O) groups excluding carboxylic acids is 2. The second-order valence-electron chi connectivity index (χ2n) is 5.59. The molecule has 2 rings (SSSR count). The van der Waals surface area contributed by atoms with Crippen molar-refractivity contribution < 1.29 is 14.0 Å². The van der Waals surface area contributed by atoms with Crippen LogP contribution in [0.4, 0.5) is 15.8 Å². The summed E-state index contributed by atoms with van der Waals surface area (Å²) in [5.41, 5.74) is 1.36. The van der Waals surface area contributed by atoms with Crippen LogP contribution >= 0.6 is 0 Å². The van der Waals surface area contributed by atoms with Crippen LogP contribution in [-0.2, 0) is 4.79 Å². The van der Waals surface area contributed by atoms with Crippen molar-refractivity contribution in [2.24, 2.45) is 0 Å². The molecule has 0 aliphatic heterocycles. The molecule has 0 bridgehead atoms. The van der Waals surface area contributed by atoms with Crippen LogP contribution in [0.5, 0.6) is 0 Å². The summed E-state index contributed by atoms with van der Waals surface area (Å²) in [4.78, 5) is 23.7. The van der Waals surface area contributed by atoms with Gasteiger partial charge in [-0.1, -0.05) is 12.1 Å². The lowest BCUT2D eigenvalue weighted by Crippen LogP contribution is -2.30. The van der Waals surface area contributed by atoms with E-state index in [4.69, 9.17) is 0 Å². The first-order valence-electron chi connectivity index (χ1n) is 7.65. The number of halogens is 1. The molecule has 0 aromatic heterocycles. The molecule has 0 fully saturated rings. The molecule has 2 aromatic carbocycles. The number of hydrogen-bond acceptors (Lipinski definition) is 3. The minimum atomic E-state index is -0.411. The average Bonchev–Trinajstić information content (AvgIpc) is 2.54. The molecule has 0 aliphatic carbocycles. The van der Waals surface area contributed by atoms with E-state index in [9.17, 15) is 14.0 Å². The second kappa shape index (κ2) is 8.10. The zero-order valence-corrected chi connectivity index (χ0v) is 13.6. The lowest BCUT2D eigenvalue weighted by Gasteiger charge is -2.10. The normalized spacial score (nSPS) is 10.3. The smallest absolute Gasteiger partial charge is 0.251 e. The van der Waals surface area contributed by atoms with Crippen LogP contribution in [0.3, 0.4) is 0 Å². The SMILES string of the molecule is CC(C)NC(=O)c1ccc(NC(=O)CNc2ccccc2F)cc1. The molecule has 0 saturated carbocycles. The third-order valence-corrected chi connectivity index (χ3v) is 3.16. The first-order valence-corrected chi connectivity index (χ1v) is 7.65. The highest BCUT2D eigenvalue weighted by molar-refractivity contribution is 5.96. The van der Waals surface area contributed by atoms with Gasteiger partial charge in [0.1, 0.15) is 5.82 Å². The monoisotopic (exact) mass is 329 g/mol. The molecule has 126 valence electrons. The fourth-order valence-corrected chi connectivity index (χ4v) is 2.04. The molecule has 0 radical (unpaired) electrons. The van der Waals surface area contributed by atoms with Crippen LogP contribution in [0.1, 0.15) is 24.2 Å². The summed E-state index contributed by atoms with van der Waals surface area (Å²) in [5.74, 6) is -0.882. The van der Waals surface area contributed by atoms with E-state index < -0.39 is 5.82 Å². The van der Waals surface area contributed by atoms with E-state index in [-0.39, 0.29) is 30.1 Å². The van der Waals surface area contributed by atoms with Crippen molar-refractivity contribution >= 4 is 23.2 Å². The van der Waals surface area contributed by atoms with Crippen LogP contribution in [0.25, 0.3) is 0 Å². The van der Waals surface area contributed by atoms with Gasteiger partial charge in [0.2, 0.25) is 5.91 Å². The molecule has 24 heavy (non-hydrogen) atoms. The van der Waals surface area contributed by atoms with Gasteiger partial charge < -0.3 is 16.0 Å². The van der Waals surface area contributed by atoms with E-state index in [0.29, 0.717) is 11.3 Å². The highest BCUT2D eigenvalue weighted by Gasteiger charge is 2.08. The van der Waals surface area contributed by atoms with Gasteiger partial charge in [-0.2, -0.15) is 0 Å². The maximum Gasteiger partial charge on any atom is 0.251 e. The molecule has 0 spiro atoms. The minimum Gasteiger partial charge on any atom is -0.374 e. The molecule has 0 aliphatic rings. The van der Waals surface area contributed by atoms with Gasteiger partial charge in [-0.3, -0.25) is 9.59 Å². The van der Waals surface area contributed by atoms with Crippen LogP contribution in [-0.4, -0.2) is 24.4 Å². The van der Waals surface area contributed by atoms with Crippen molar-refractivity contribution in [3.8, 4) is 0 Å². The van der Waals surface area contributed by atoms with Crippen molar-refractivity contribution in [3.63, 3.8) is 0 Å². The summed E-state index contributed by atoms with van der Waals surface area (Å²) >= 11 is 0. The summed E-state index contributed by atoms with van der Waals surface area (Å²) in [6.07, 6.45) is 0. The maximum atomic E-state index is 13.4. The van der Waals surface area contributed by atoms with Gasteiger partial charge in [0, 0.05) is 17.3 Å². The fourth-order valence-electron chi connectivity index (χ4n) is 2.04. The third kappa shape index (κ3) is 5.08. The van der Waals surface area contributed by atoms with Crippen molar-refractivity contribution in [3.05, 3.63) is 59.9 Å². The lowest BCUT2D eigenvalue weighted by atomic mass is 10.2. The zero-order valence-electron chi connectivity index (χ0n) is 13.6. The molecule has 3 N–H and O–H groups in total. The Labute approximate surface area is 140 Å². The Morgan fingerprint density at radius 1 is 1.04 bits per heavy atom. The van der Waals surface area contributed by atoms with Gasteiger partial charge in [0.25, 0.3) is 5.91 Å². The predicted octanol–water partition coefficient (Wildman–Crippen LogP) is 3.01. The van der Waals surface area contributed by atoms with Crippen LogP contribution in [0, 0.1) is 5.82 Å². The number of para-hydroxylation sites is 1. The molecule has 0 heterocycles. The summed E-state index contributed by atoms with van der Waals surface area (Å²) < 4.78 is 13.4. The number of amides is 2. The lowest BCUT2D eigenvalue weighted by molar-refractivity contribution is -0.114. The van der Waals surface area contributed by atoms with E-state index in [0.717, 1.165) is 0 Å². The molecular formula is C18H20FN3O2. The molecule has 0 saturated heterocycles. The maximum absolute atomic E-state index is 13.4. The number of anilines is 2. The van der Waals surface area contributed by atoms with Crippen LogP contribution in [0.15, 0.2) is 48.5 Å². The molecule has 0 unspecified atom stereocenters. The Morgan fingerprint density at radius 2 is 1.71 bits per heavy atom. The standard InChI is InChI=1S/C18H20FN3O2/c1-12(2)21-18(24)13-7-9-14(10-8-13)22-17(23)11-20-16-6-4-3-5-15(16)19/h3-10,12,20H,11H2,1-2H3,(H,21,24)(H,22,23). The number of nitrogens with one attached hydrogen (secondary N) is 3. The van der Waals surface area contributed by atoms with Crippen molar-refractivity contribution in [2.75, 3.05) is 17.2 Å². The van der Waals surface area contributed by atoms with E-state index in [1.807, 2.05) is 13.8 Å². The first kappa shape index (κ1) is 17.5. The average molecular weight is 329 g/mol. The Hall–Kier alpha value is -2.89. The topological polar surface area (TPSA) is 70.2 Å². The summed E-state index contributed by atoms with van der Waals surface area (Å²) in [5, 5.41) is 8.21. The Kier molecular flexibility index (Phi) is 5.89. The van der Waals surface area contributed by atoms with Crippen molar-refractivity contribution in [1.29, 1.82) is 0 Å². The quantitative estimate of drug-likeness (QED) is 0.763. The Bertz CT molecular complexity index is 714.